The van der Waals surface area contributed by atoms with Gasteiger partial charge in [-0.1, -0.05) is 0 Å². The molecule has 2 heterocycles. The number of ether oxygens (including phenoxy) is 1. The van der Waals surface area contributed by atoms with Gasteiger partial charge in [0.15, 0.2) is 12.8 Å². The van der Waals surface area contributed by atoms with Gasteiger partial charge in [-0.25, -0.2) is 4.79 Å². The summed E-state index contributed by atoms with van der Waals surface area (Å²) < 4.78 is 5.35. The summed E-state index contributed by atoms with van der Waals surface area (Å²) in [7, 11) is 0. The Morgan fingerprint density at radius 2 is 2.21 bits per heavy atom. The molecule has 0 spiro atoms. The van der Waals surface area contributed by atoms with Crippen molar-refractivity contribution in [1.29, 1.82) is 0 Å². The van der Waals surface area contributed by atoms with Crippen LogP contribution in [0.25, 0.3) is 0 Å². The Kier molecular flexibility index (Phi) is 2.64. The smallest absolute Gasteiger partial charge is 0.350 e. The van der Waals surface area contributed by atoms with Crippen LogP contribution in [0.1, 0.15) is 19.3 Å². The maximum atomic E-state index is 11.3. The molecule has 1 N–H and O–H groups in total. The van der Waals surface area contributed by atoms with E-state index in [1.54, 1.807) is 0 Å². The van der Waals surface area contributed by atoms with Gasteiger partial charge >= 0.3 is 6.03 Å². The Balaban J connectivity index is 1.95. The van der Waals surface area contributed by atoms with Gasteiger partial charge in [0.1, 0.15) is 0 Å². The zero-order chi connectivity index (χ0) is 9.97. The Labute approximate surface area is 81.1 Å². The number of urea groups is 1. The van der Waals surface area contributed by atoms with Crippen LogP contribution in [0.15, 0.2) is 0 Å². The van der Waals surface area contributed by atoms with Crippen molar-refractivity contribution in [2.75, 3.05) is 13.2 Å². The molecule has 0 aromatic carbocycles. The number of carbonyl (C=O) groups is 2. The summed E-state index contributed by atoms with van der Waals surface area (Å²) in [5.74, 6) is -0.415. The summed E-state index contributed by atoms with van der Waals surface area (Å²) >= 11 is 0. The number of hydrogen-bond acceptors (Lipinski definition) is 4. The molecule has 0 aromatic heterocycles. The lowest BCUT2D eigenvalue weighted by Gasteiger charge is -2.34. The van der Waals surface area contributed by atoms with Gasteiger partial charge in [-0.2, -0.15) is 5.06 Å². The van der Waals surface area contributed by atoms with Gasteiger partial charge in [0, 0.05) is 6.61 Å². The Morgan fingerprint density at radius 3 is 2.86 bits per heavy atom. The maximum Gasteiger partial charge on any atom is 0.350 e. The highest BCUT2D eigenvalue weighted by molar-refractivity contribution is 5.96. The number of nitrogens with one attached hydrogen (secondary N) is 1. The average molecular weight is 200 g/mol. The minimum Gasteiger partial charge on any atom is -0.356 e. The van der Waals surface area contributed by atoms with E-state index in [1.807, 2.05) is 0 Å². The van der Waals surface area contributed by atoms with Crippen LogP contribution < -0.4 is 5.32 Å². The van der Waals surface area contributed by atoms with Crippen LogP contribution in [-0.4, -0.2) is 36.4 Å². The molecule has 78 valence electrons. The molecule has 3 amide bonds. The first-order chi connectivity index (χ1) is 6.77. The highest BCUT2D eigenvalue weighted by Gasteiger charge is 2.32. The molecule has 14 heavy (non-hydrogen) atoms. The number of hydrogen-bond donors (Lipinski definition) is 1. The van der Waals surface area contributed by atoms with E-state index >= 15 is 0 Å². The van der Waals surface area contributed by atoms with Gasteiger partial charge in [0.25, 0.3) is 5.91 Å². The third-order valence-electron chi connectivity index (χ3n) is 2.20. The Hall–Kier alpha value is -1.14. The number of imide groups is 1. The molecule has 2 rings (SSSR count). The highest BCUT2D eigenvalue weighted by Crippen LogP contribution is 2.18. The van der Waals surface area contributed by atoms with E-state index in [0.717, 1.165) is 24.3 Å². The molecule has 0 aromatic rings. The third kappa shape index (κ3) is 1.85. The summed E-state index contributed by atoms with van der Waals surface area (Å²) in [4.78, 5) is 27.1. The second-order valence-corrected chi connectivity index (χ2v) is 3.27. The molecule has 6 nitrogen and oxygen atoms in total. The SMILES string of the molecule is O=C1CON(C2CCCCO2)C(=O)N1. The number of hydroxylamine groups is 2. The average Bonchev–Trinajstić information content (AvgIpc) is 2.19. The van der Waals surface area contributed by atoms with Crippen LogP contribution in [-0.2, 0) is 14.4 Å². The lowest BCUT2D eigenvalue weighted by Crippen LogP contribution is -2.55. The van der Waals surface area contributed by atoms with E-state index in [4.69, 9.17) is 9.57 Å². The molecule has 0 radical (unpaired) electrons. The number of carbonyl (C=O) groups excluding carboxylic acids is 2. The molecule has 0 aliphatic carbocycles. The van der Waals surface area contributed by atoms with E-state index in [-0.39, 0.29) is 12.8 Å². The van der Waals surface area contributed by atoms with Crippen LogP contribution >= 0.6 is 0 Å². The number of nitrogens with zero attached hydrogens (tertiary/aromatic N) is 1. The predicted molar refractivity (Wildman–Crippen MR) is 44.9 cm³/mol. The molecule has 0 saturated carbocycles. The van der Waals surface area contributed by atoms with Crippen LogP contribution in [0, 0.1) is 0 Å². The minimum absolute atomic E-state index is 0.119. The monoisotopic (exact) mass is 200 g/mol. The van der Waals surface area contributed by atoms with E-state index in [0.29, 0.717) is 6.61 Å². The molecular formula is C8H12N2O4. The Bertz CT molecular complexity index is 250. The fourth-order valence-corrected chi connectivity index (χ4v) is 1.52. The third-order valence-corrected chi connectivity index (χ3v) is 2.20. The summed E-state index contributed by atoms with van der Waals surface area (Å²) in [6, 6.07) is -0.534. The van der Waals surface area contributed by atoms with Crippen LogP contribution in [0.5, 0.6) is 0 Å². The second-order valence-electron chi connectivity index (χ2n) is 3.27. The van der Waals surface area contributed by atoms with Crippen LogP contribution in [0.3, 0.4) is 0 Å². The van der Waals surface area contributed by atoms with Crippen molar-refractivity contribution in [3.05, 3.63) is 0 Å². The minimum atomic E-state index is -0.534. The summed E-state index contributed by atoms with van der Waals surface area (Å²) in [6.45, 7) is 0.511. The zero-order valence-corrected chi connectivity index (χ0v) is 7.69. The molecule has 2 saturated heterocycles. The second kappa shape index (κ2) is 3.93. The van der Waals surface area contributed by atoms with Gasteiger partial charge in [-0.05, 0) is 19.3 Å². The van der Waals surface area contributed by atoms with Gasteiger partial charge in [-0.3, -0.25) is 14.9 Å². The maximum absolute atomic E-state index is 11.3. The quantitative estimate of drug-likeness (QED) is 0.646. The highest BCUT2D eigenvalue weighted by atomic mass is 16.7. The van der Waals surface area contributed by atoms with Crippen molar-refractivity contribution >= 4 is 11.9 Å². The van der Waals surface area contributed by atoms with Crippen molar-refractivity contribution in [3.8, 4) is 0 Å². The summed E-state index contributed by atoms with van der Waals surface area (Å²) in [6.07, 6.45) is 2.41. The Morgan fingerprint density at radius 1 is 1.36 bits per heavy atom. The fraction of sp³-hybridized carbons (Fsp3) is 0.750. The van der Waals surface area contributed by atoms with Crippen molar-refractivity contribution in [2.45, 2.75) is 25.5 Å². The zero-order valence-electron chi connectivity index (χ0n) is 7.69. The van der Waals surface area contributed by atoms with Gasteiger partial charge < -0.3 is 4.74 Å². The van der Waals surface area contributed by atoms with E-state index in [9.17, 15) is 9.59 Å². The first kappa shape index (κ1) is 9.42. The molecule has 2 aliphatic heterocycles. The van der Waals surface area contributed by atoms with E-state index < -0.39 is 11.9 Å². The van der Waals surface area contributed by atoms with Gasteiger partial charge in [0.05, 0.1) is 0 Å². The van der Waals surface area contributed by atoms with Crippen LogP contribution in [0.4, 0.5) is 4.79 Å². The largest absolute Gasteiger partial charge is 0.356 e. The van der Waals surface area contributed by atoms with Crippen LogP contribution in [0.2, 0.25) is 0 Å². The molecule has 6 heteroatoms. The molecule has 0 bridgehead atoms. The first-order valence-electron chi connectivity index (χ1n) is 4.65. The normalized spacial score (nSPS) is 28.9. The van der Waals surface area contributed by atoms with Crippen molar-refractivity contribution in [2.24, 2.45) is 0 Å². The van der Waals surface area contributed by atoms with E-state index in [1.165, 1.54) is 0 Å². The molecule has 2 fully saturated rings. The molecular weight excluding hydrogens is 188 g/mol. The van der Waals surface area contributed by atoms with Gasteiger partial charge in [0.2, 0.25) is 0 Å². The molecule has 1 unspecified atom stereocenters. The van der Waals surface area contributed by atoms with E-state index in [2.05, 4.69) is 5.32 Å². The van der Waals surface area contributed by atoms with Gasteiger partial charge in [-0.15, -0.1) is 0 Å². The molecule has 2 aliphatic rings. The predicted octanol–water partition coefficient (Wildman–Crippen LogP) is -0.00360. The first-order valence-corrected chi connectivity index (χ1v) is 4.65. The number of rotatable bonds is 1. The standard InChI is InChI=1S/C8H12N2O4/c11-6-5-14-10(8(12)9-6)7-3-1-2-4-13-7/h7H,1-5H2,(H,9,11,12). The van der Waals surface area contributed by atoms with Crippen molar-refractivity contribution in [3.63, 3.8) is 0 Å². The lowest BCUT2D eigenvalue weighted by atomic mass is 10.2. The topological polar surface area (TPSA) is 67.9 Å². The summed E-state index contributed by atoms with van der Waals surface area (Å²) in [5, 5.41) is 3.28. The lowest BCUT2D eigenvalue weighted by molar-refractivity contribution is -0.232. The summed E-state index contributed by atoms with van der Waals surface area (Å²) in [5.41, 5.74) is 0. The fourth-order valence-electron chi connectivity index (χ4n) is 1.52. The van der Waals surface area contributed by atoms with Crippen molar-refractivity contribution < 1.29 is 19.2 Å². The molecule has 1 atom stereocenters. The van der Waals surface area contributed by atoms with Crippen molar-refractivity contribution in [1.82, 2.24) is 10.4 Å². The number of amides is 3.